The monoisotopic (exact) mass is 513 g/mol. The van der Waals surface area contributed by atoms with Gasteiger partial charge in [-0.2, -0.15) is 18.4 Å². The number of carbonyl (C=O) groups excluding carboxylic acids is 1. The average Bonchev–Trinajstić information content (AvgIpc) is 3.37. The van der Waals surface area contributed by atoms with Gasteiger partial charge in [-0.15, -0.1) is 0 Å². The summed E-state index contributed by atoms with van der Waals surface area (Å²) in [5.41, 5.74) is -3.35. The lowest BCUT2D eigenvalue weighted by atomic mass is 9.78. The van der Waals surface area contributed by atoms with Gasteiger partial charge >= 0.3 is 12.3 Å². The number of alkyl halides is 3. The number of nitrogens with one attached hydrogen (secondary N) is 1. The number of benzene rings is 2. The van der Waals surface area contributed by atoms with E-state index in [2.05, 4.69) is 5.32 Å². The molecule has 1 saturated heterocycles. The average molecular weight is 513 g/mol. The lowest BCUT2D eigenvalue weighted by molar-refractivity contribution is -0.137. The number of hydrogen-bond acceptors (Lipinski definition) is 6. The SMILES string of the molecule is C[C@]12CC(OC(=O)NCc3ccccc3)[C@](C)(O1)c1c2c(O)n(-c2ccc(C#N)c(C(F)(F)F)c2)c1O. The highest BCUT2D eigenvalue weighted by atomic mass is 19.4. The number of rotatable bonds is 4. The molecule has 2 aromatic carbocycles. The molecule has 2 bridgehead atoms. The van der Waals surface area contributed by atoms with Crippen molar-refractivity contribution in [3.05, 3.63) is 76.3 Å². The van der Waals surface area contributed by atoms with Crippen LogP contribution < -0.4 is 5.32 Å². The maximum absolute atomic E-state index is 13.5. The van der Waals surface area contributed by atoms with Crippen LogP contribution in [0.15, 0.2) is 48.5 Å². The summed E-state index contributed by atoms with van der Waals surface area (Å²) in [6.07, 6.45) is -6.24. The van der Waals surface area contributed by atoms with Crippen LogP contribution in [0.3, 0.4) is 0 Å². The van der Waals surface area contributed by atoms with Gasteiger partial charge in [-0.3, -0.25) is 4.57 Å². The van der Waals surface area contributed by atoms with E-state index in [4.69, 9.17) is 14.7 Å². The summed E-state index contributed by atoms with van der Waals surface area (Å²) in [6.45, 7) is 3.46. The molecule has 0 aliphatic carbocycles. The van der Waals surface area contributed by atoms with E-state index < -0.39 is 52.5 Å². The third kappa shape index (κ3) is 3.76. The van der Waals surface area contributed by atoms with Crippen LogP contribution in [0.4, 0.5) is 18.0 Å². The molecule has 2 aliphatic heterocycles. The highest BCUT2D eigenvalue weighted by Crippen LogP contribution is 2.65. The van der Waals surface area contributed by atoms with E-state index in [0.717, 1.165) is 16.2 Å². The van der Waals surface area contributed by atoms with Gasteiger partial charge in [0.25, 0.3) is 0 Å². The number of alkyl carbamates (subject to hydrolysis) is 1. The summed E-state index contributed by atoms with van der Waals surface area (Å²) in [7, 11) is 0. The third-order valence-corrected chi connectivity index (χ3v) is 6.99. The molecule has 0 radical (unpaired) electrons. The highest BCUT2D eigenvalue weighted by molar-refractivity contribution is 5.69. The minimum atomic E-state index is -4.83. The number of halogens is 3. The minimum Gasteiger partial charge on any atom is -0.494 e. The Kier molecular flexibility index (Phi) is 5.42. The van der Waals surface area contributed by atoms with Crippen LogP contribution in [-0.4, -0.2) is 27.0 Å². The number of carbonyl (C=O) groups is 1. The van der Waals surface area contributed by atoms with E-state index in [1.165, 1.54) is 12.1 Å². The zero-order valence-corrected chi connectivity index (χ0v) is 19.8. The summed E-state index contributed by atoms with van der Waals surface area (Å²) < 4.78 is 53.2. The number of aromatic hydroxyl groups is 2. The van der Waals surface area contributed by atoms with Crippen LogP contribution >= 0.6 is 0 Å². The molecule has 0 saturated carbocycles. The van der Waals surface area contributed by atoms with Gasteiger partial charge in [0, 0.05) is 13.0 Å². The maximum atomic E-state index is 13.5. The Morgan fingerprint density at radius 2 is 1.86 bits per heavy atom. The summed E-state index contributed by atoms with van der Waals surface area (Å²) in [5, 5.41) is 33.9. The van der Waals surface area contributed by atoms with E-state index in [1.54, 1.807) is 13.8 Å². The summed E-state index contributed by atoms with van der Waals surface area (Å²) in [5.74, 6) is -1.04. The molecular formula is C26H22F3N3O5. The largest absolute Gasteiger partial charge is 0.494 e. The molecule has 192 valence electrons. The van der Waals surface area contributed by atoms with Crippen molar-refractivity contribution in [2.75, 3.05) is 0 Å². The van der Waals surface area contributed by atoms with E-state index in [0.29, 0.717) is 6.07 Å². The molecule has 3 atom stereocenters. The second-order valence-electron chi connectivity index (χ2n) is 9.45. The number of ether oxygens (including phenoxy) is 2. The zero-order valence-electron chi connectivity index (χ0n) is 19.8. The summed E-state index contributed by atoms with van der Waals surface area (Å²) in [4.78, 5) is 12.5. The predicted octanol–water partition coefficient (Wildman–Crippen LogP) is 4.94. The molecule has 3 aromatic rings. The number of amides is 1. The Labute approximate surface area is 209 Å². The van der Waals surface area contributed by atoms with Crippen molar-refractivity contribution in [2.45, 2.75) is 50.3 Å². The van der Waals surface area contributed by atoms with Gasteiger partial charge in [0.2, 0.25) is 11.8 Å². The van der Waals surface area contributed by atoms with Crippen LogP contribution in [-0.2, 0) is 33.4 Å². The third-order valence-electron chi connectivity index (χ3n) is 6.99. The maximum Gasteiger partial charge on any atom is 0.417 e. The predicted molar refractivity (Wildman–Crippen MR) is 123 cm³/mol. The van der Waals surface area contributed by atoms with Crippen LogP contribution in [0.25, 0.3) is 5.69 Å². The van der Waals surface area contributed by atoms with Crippen molar-refractivity contribution >= 4 is 6.09 Å². The molecule has 1 fully saturated rings. The normalized spacial score (nSPS) is 23.9. The topological polar surface area (TPSA) is 117 Å². The molecular weight excluding hydrogens is 491 g/mol. The fourth-order valence-corrected chi connectivity index (χ4v) is 5.35. The first kappa shape index (κ1) is 24.5. The fourth-order valence-electron chi connectivity index (χ4n) is 5.35. The van der Waals surface area contributed by atoms with Gasteiger partial charge in [-0.1, -0.05) is 30.3 Å². The molecule has 1 amide bonds. The molecule has 5 rings (SSSR count). The summed E-state index contributed by atoms with van der Waals surface area (Å²) >= 11 is 0. The van der Waals surface area contributed by atoms with Gasteiger partial charge in [0.15, 0.2) is 0 Å². The molecule has 11 heteroatoms. The van der Waals surface area contributed by atoms with Gasteiger partial charge in [0.1, 0.15) is 17.3 Å². The van der Waals surface area contributed by atoms with Crippen molar-refractivity contribution in [3.63, 3.8) is 0 Å². The molecule has 37 heavy (non-hydrogen) atoms. The second-order valence-corrected chi connectivity index (χ2v) is 9.45. The van der Waals surface area contributed by atoms with E-state index in [9.17, 15) is 28.2 Å². The van der Waals surface area contributed by atoms with Gasteiger partial charge in [0.05, 0.1) is 34.0 Å². The molecule has 8 nitrogen and oxygen atoms in total. The second kappa shape index (κ2) is 8.18. The van der Waals surface area contributed by atoms with Crippen molar-refractivity contribution in [1.82, 2.24) is 9.88 Å². The Hall–Kier alpha value is -4.17. The van der Waals surface area contributed by atoms with E-state index in [-0.39, 0.29) is 29.8 Å². The standard InChI is InChI=1S/C26H22F3N3O5/c1-24-11-18(36-23(35)31-13-14-6-4-3-5-7-14)25(2,37-24)20-19(24)21(33)32(22(20)34)16-9-8-15(12-30)17(10-16)26(27,28)29/h3-10,18,33-34H,11,13H2,1-2H3,(H,31,35)/t18?,24-,25+/m1/s1. The summed E-state index contributed by atoms with van der Waals surface area (Å²) in [6, 6.07) is 13.6. The number of nitrogens with zero attached hydrogens (tertiary/aromatic N) is 2. The first-order chi connectivity index (χ1) is 17.4. The number of fused-ring (bicyclic) bond motifs is 5. The van der Waals surface area contributed by atoms with Crippen molar-refractivity contribution < 1.29 is 37.7 Å². The van der Waals surface area contributed by atoms with Crippen LogP contribution in [0.2, 0.25) is 0 Å². The Morgan fingerprint density at radius 3 is 2.51 bits per heavy atom. The Morgan fingerprint density at radius 1 is 1.19 bits per heavy atom. The minimum absolute atomic E-state index is 0.123. The fraction of sp³-hybridized carbons (Fsp3) is 0.308. The number of hydrogen-bond donors (Lipinski definition) is 3. The van der Waals surface area contributed by atoms with E-state index in [1.807, 2.05) is 30.3 Å². The van der Waals surface area contributed by atoms with Gasteiger partial charge in [-0.05, 0) is 37.6 Å². The molecule has 0 spiro atoms. The van der Waals surface area contributed by atoms with Crippen molar-refractivity contribution in [3.8, 4) is 23.5 Å². The Balaban J connectivity index is 1.48. The molecule has 3 N–H and O–H groups in total. The van der Waals surface area contributed by atoms with Crippen molar-refractivity contribution in [1.29, 1.82) is 5.26 Å². The molecule has 1 unspecified atom stereocenters. The quantitative estimate of drug-likeness (QED) is 0.455. The van der Waals surface area contributed by atoms with Crippen LogP contribution in [0.1, 0.15) is 48.1 Å². The lowest BCUT2D eigenvalue weighted by Gasteiger charge is -2.29. The van der Waals surface area contributed by atoms with Gasteiger partial charge in [-0.25, -0.2) is 4.79 Å². The highest BCUT2D eigenvalue weighted by Gasteiger charge is 2.66. The lowest BCUT2D eigenvalue weighted by Crippen LogP contribution is -2.39. The Bertz CT molecular complexity index is 1450. The number of nitriles is 1. The first-order valence-electron chi connectivity index (χ1n) is 11.4. The van der Waals surface area contributed by atoms with Crippen LogP contribution in [0.5, 0.6) is 11.8 Å². The molecule has 2 aliphatic rings. The first-order valence-corrected chi connectivity index (χ1v) is 11.4. The van der Waals surface area contributed by atoms with E-state index >= 15 is 0 Å². The van der Waals surface area contributed by atoms with Gasteiger partial charge < -0.3 is 25.0 Å². The molecule has 1 aromatic heterocycles. The zero-order chi connectivity index (χ0) is 26.8. The smallest absolute Gasteiger partial charge is 0.417 e. The molecule has 3 heterocycles. The van der Waals surface area contributed by atoms with Crippen LogP contribution in [0, 0.1) is 11.3 Å². The van der Waals surface area contributed by atoms with Crippen molar-refractivity contribution in [2.24, 2.45) is 0 Å². The number of aromatic nitrogens is 1.